The van der Waals surface area contributed by atoms with Gasteiger partial charge in [0.25, 0.3) is 0 Å². The highest BCUT2D eigenvalue weighted by atomic mass is 16.3. The maximum absolute atomic E-state index is 8.82. The number of nitrogens with zero attached hydrogens (tertiary/aromatic N) is 2. The van der Waals surface area contributed by atoms with Crippen LogP contribution >= 0.6 is 0 Å². The predicted molar refractivity (Wildman–Crippen MR) is 44.3 cm³/mol. The van der Waals surface area contributed by atoms with Crippen molar-refractivity contribution >= 4 is 0 Å². The van der Waals surface area contributed by atoms with E-state index in [1.165, 1.54) is 0 Å². The van der Waals surface area contributed by atoms with Crippen LogP contribution < -0.4 is 0 Å². The Balaban J connectivity index is 2.33. The number of fused-ring (bicyclic) bond motifs is 1. The van der Waals surface area contributed by atoms with Gasteiger partial charge in [-0.05, 0) is 24.0 Å². The lowest BCUT2D eigenvalue weighted by atomic mass is 9.79. The highest BCUT2D eigenvalue weighted by Crippen LogP contribution is 2.30. The summed E-state index contributed by atoms with van der Waals surface area (Å²) in [6.07, 6.45) is 4.65. The van der Waals surface area contributed by atoms with E-state index < -0.39 is 0 Å². The third kappa shape index (κ3) is 1.19. The predicted octanol–water partition coefficient (Wildman–Crippen LogP) is 1.66. The van der Waals surface area contributed by atoms with Gasteiger partial charge in [0.15, 0.2) is 0 Å². The molecule has 0 N–H and O–H groups in total. The second kappa shape index (κ2) is 2.95. The molecule has 0 saturated heterocycles. The molecule has 1 aliphatic carbocycles. The Morgan fingerprint density at radius 1 is 1.08 bits per heavy atom. The van der Waals surface area contributed by atoms with Crippen LogP contribution in [0.4, 0.5) is 0 Å². The van der Waals surface area contributed by atoms with Gasteiger partial charge in [0.1, 0.15) is 0 Å². The van der Waals surface area contributed by atoms with Crippen molar-refractivity contribution in [3.63, 3.8) is 0 Å². The molecule has 0 bridgehead atoms. The summed E-state index contributed by atoms with van der Waals surface area (Å²) in [6, 6.07) is 4.34. The first kappa shape index (κ1) is 7.89. The standard InChI is InChI=1S/C10H8N2O/c11-3-7-1-9-5-13-6-10(9)2-8(7)4-12/h5-8H,1-2H2/t7-,8-/m1/s1. The van der Waals surface area contributed by atoms with Crippen LogP contribution in [-0.2, 0) is 12.8 Å². The van der Waals surface area contributed by atoms with Crippen molar-refractivity contribution in [3.8, 4) is 12.1 Å². The number of hydrogen-bond acceptors (Lipinski definition) is 3. The molecule has 0 radical (unpaired) electrons. The van der Waals surface area contributed by atoms with Crippen LogP contribution in [0.3, 0.4) is 0 Å². The third-order valence-corrected chi connectivity index (χ3v) is 2.53. The van der Waals surface area contributed by atoms with E-state index in [0.29, 0.717) is 12.8 Å². The average molecular weight is 172 g/mol. The third-order valence-electron chi connectivity index (χ3n) is 2.53. The topological polar surface area (TPSA) is 60.7 Å². The maximum atomic E-state index is 8.82. The molecule has 2 atom stereocenters. The van der Waals surface area contributed by atoms with Gasteiger partial charge in [-0.25, -0.2) is 0 Å². The molecular weight excluding hydrogens is 164 g/mol. The molecule has 0 fully saturated rings. The summed E-state index contributed by atoms with van der Waals surface area (Å²) >= 11 is 0. The van der Waals surface area contributed by atoms with Crippen molar-refractivity contribution in [1.29, 1.82) is 10.5 Å². The largest absolute Gasteiger partial charge is 0.472 e. The molecule has 0 unspecified atom stereocenters. The second-order valence-electron chi connectivity index (χ2n) is 3.30. The summed E-state index contributed by atoms with van der Waals surface area (Å²) in [4.78, 5) is 0. The highest BCUT2D eigenvalue weighted by molar-refractivity contribution is 5.28. The Bertz CT molecular complexity index is 357. The van der Waals surface area contributed by atoms with Gasteiger partial charge in [-0.2, -0.15) is 10.5 Å². The SMILES string of the molecule is N#C[C@H]1Cc2cocc2C[C@@H]1C#N. The first-order valence-corrected chi connectivity index (χ1v) is 4.18. The monoisotopic (exact) mass is 172 g/mol. The summed E-state index contributed by atoms with van der Waals surface area (Å²) in [5.74, 6) is -0.342. The van der Waals surface area contributed by atoms with Crippen LogP contribution in [0.2, 0.25) is 0 Å². The van der Waals surface area contributed by atoms with Crippen LogP contribution in [0.5, 0.6) is 0 Å². The molecule has 3 nitrogen and oxygen atoms in total. The minimum absolute atomic E-state index is 0.171. The molecule has 1 aromatic rings. The molecule has 2 rings (SSSR count). The summed E-state index contributed by atoms with van der Waals surface area (Å²) < 4.78 is 5.03. The molecular formula is C10H8N2O. The van der Waals surface area contributed by atoms with Crippen molar-refractivity contribution in [3.05, 3.63) is 23.7 Å². The van der Waals surface area contributed by atoms with E-state index in [0.717, 1.165) is 11.1 Å². The van der Waals surface area contributed by atoms with Gasteiger partial charge in [-0.15, -0.1) is 0 Å². The summed E-state index contributed by atoms with van der Waals surface area (Å²) in [5, 5.41) is 17.6. The molecule has 13 heavy (non-hydrogen) atoms. The molecule has 1 aromatic heterocycles. The molecule has 3 heteroatoms. The molecule has 0 aromatic carbocycles. The second-order valence-corrected chi connectivity index (χ2v) is 3.30. The van der Waals surface area contributed by atoms with Crippen molar-refractivity contribution in [2.75, 3.05) is 0 Å². The normalized spacial score (nSPS) is 25.7. The zero-order chi connectivity index (χ0) is 9.26. The van der Waals surface area contributed by atoms with E-state index in [2.05, 4.69) is 12.1 Å². The molecule has 64 valence electrons. The van der Waals surface area contributed by atoms with Gasteiger partial charge in [0.2, 0.25) is 0 Å². The van der Waals surface area contributed by atoms with Crippen LogP contribution in [0.15, 0.2) is 16.9 Å². The fourth-order valence-electron chi connectivity index (χ4n) is 1.74. The molecule has 0 spiro atoms. The van der Waals surface area contributed by atoms with Crippen LogP contribution in [0.25, 0.3) is 0 Å². The molecule has 1 heterocycles. The van der Waals surface area contributed by atoms with E-state index in [-0.39, 0.29) is 11.8 Å². The zero-order valence-corrected chi connectivity index (χ0v) is 7.03. The van der Waals surface area contributed by atoms with Crippen LogP contribution in [0, 0.1) is 34.5 Å². The van der Waals surface area contributed by atoms with Crippen LogP contribution in [-0.4, -0.2) is 0 Å². The minimum Gasteiger partial charge on any atom is -0.472 e. The first-order valence-electron chi connectivity index (χ1n) is 4.18. The van der Waals surface area contributed by atoms with Gasteiger partial charge in [-0.3, -0.25) is 0 Å². The van der Waals surface area contributed by atoms with Crippen molar-refractivity contribution in [2.24, 2.45) is 11.8 Å². The fraction of sp³-hybridized carbons (Fsp3) is 0.400. The molecule has 0 aliphatic heterocycles. The Morgan fingerprint density at radius 3 is 1.92 bits per heavy atom. The molecule has 1 aliphatic rings. The van der Waals surface area contributed by atoms with Gasteiger partial charge in [0, 0.05) is 0 Å². The van der Waals surface area contributed by atoms with E-state index in [9.17, 15) is 0 Å². The lowest BCUT2D eigenvalue weighted by molar-refractivity contribution is 0.463. The number of nitriles is 2. The summed E-state index contributed by atoms with van der Waals surface area (Å²) in [6.45, 7) is 0. The number of rotatable bonds is 0. The first-order chi connectivity index (χ1) is 6.35. The van der Waals surface area contributed by atoms with E-state index in [1.54, 1.807) is 12.5 Å². The number of hydrogen-bond donors (Lipinski definition) is 0. The van der Waals surface area contributed by atoms with Crippen molar-refractivity contribution < 1.29 is 4.42 Å². The Morgan fingerprint density at radius 2 is 1.54 bits per heavy atom. The van der Waals surface area contributed by atoms with Crippen molar-refractivity contribution in [2.45, 2.75) is 12.8 Å². The molecule has 0 amide bonds. The summed E-state index contributed by atoms with van der Waals surface area (Å²) in [7, 11) is 0. The van der Waals surface area contributed by atoms with Gasteiger partial charge in [0.05, 0.1) is 36.5 Å². The average Bonchev–Trinajstić information content (AvgIpc) is 2.62. The fourth-order valence-corrected chi connectivity index (χ4v) is 1.74. The Labute approximate surface area is 76.2 Å². The maximum Gasteiger partial charge on any atom is 0.0937 e. The van der Waals surface area contributed by atoms with E-state index in [4.69, 9.17) is 14.9 Å². The Kier molecular flexibility index (Phi) is 1.79. The lowest BCUT2D eigenvalue weighted by Gasteiger charge is -2.20. The van der Waals surface area contributed by atoms with E-state index in [1.807, 2.05) is 0 Å². The zero-order valence-electron chi connectivity index (χ0n) is 7.03. The highest BCUT2D eigenvalue weighted by Gasteiger charge is 2.29. The van der Waals surface area contributed by atoms with Gasteiger partial charge >= 0.3 is 0 Å². The van der Waals surface area contributed by atoms with Crippen LogP contribution in [0.1, 0.15) is 11.1 Å². The number of furan rings is 1. The van der Waals surface area contributed by atoms with E-state index >= 15 is 0 Å². The quantitative estimate of drug-likeness (QED) is 0.597. The van der Waals surface area contributed by atoms with Gasteiger partial charge in [-0.1, -0.05) is 0 Å². The Hall–Kier alpha value is -1.74. The minimum atomic E-state index is -0.171. The molecule has 0 saturated carbocycles. The lowest BCUT2D eigenvalue weighted by Crippen LogP contribution is -2.21. The smallest absolute Gasteiger partial charge is 0.0937 e. The van der Waals surface area contributed by atoms with Crippen molar-refractivity contribution in [1.82, 2.24) is 0 Å². The summed E-state index contributed by atoms with van der Waals surface area (Å²) in [5.41, 5.74) is 2.16. The van der Waals surface area contributed by atoms with Gasteiger partial charge < -0.3 is 4.42 Å².